The summed E-state index contributed by atoms with van der Waals surface area (Å²) < 4.78 is 12.7. The van der Waals surface area contributed by atoms with E-state index in [0.717, 1.165) is 42.2 Å². The highest BCUT2D eigenvalue weighted by atomic mass is 32.1. The minimum atomic E-state index is 0.611. The number of rotatable bonds is 5. The average Bonchev–Trinajstić information content (AvgIpc) is 3.29. The summed E-state index contributed by atoms with van der Waals surface area (Å²) in [5.74, 6) is 2.24. The molecule has 4 rings (SSSR count). The lowest BCUT2D eigenvalue weighted by Gasteiger charge is -2.07. The zero-order valence-corrected chi connectivity index (χ0v) is 17.3. The fourth-order valence-corrected chi connectivity index (χ4v) is 4.43. The number of nitrogens with one attached hydrogen (secondary N) is 2. The first kappa shape index (κ1) is 18.5. The third-order valence-corrected chi connectivity index (χ3v) is 5.83. The van der Waals surface area contributed by atoms with Crippen LogP contribution in [0, 0.1) is 0 Å². The molecular weight excluding hydrogens is 394 g/mol. The number of benzene rings is 2. The maximum Gasteiger partial charge on any atom is 0.203 e. The molecule has 0 saturated carbocycles. The Bertz CT molecular complexity index is 1070. The van der Waals surface area contributed by atoms with E-state index in [-0.39, 0.29) is 0 Å². The number of fused-ring (bicyclic) bond motifs is 2. The van der Waals surface area contributed by atoms with Crippen LogP contribution >= 0.6 is 22.7 Å². The fraction of sp³-hybridized carbons (Fsp3) is 0.211. The molecular formula is C19H19N5O2S2. The number of hydrogen-bond acceptors (Lipinski definition) is 7. The van der Waals surface area contributed by atoms with Crippen molar-refractivity contribution in [2.45, 2.75) is 6.92 Å². The van der Waals surface area contributed by atoms with Crippen molar-refractivity contribution in [3.8, 4) is 11.5 Å². The highest BCUT2D eigenvalue weighted by molar-refractivity contribution is 7.23. The Balaban J connectivity index is 1.57. The van der Waals surface area contributed by atoms with E-state index < -0.39 is 0 Å². The van der Waals surface area contributed by atoms with Crippen LogP contribution in [0.4, 0.5) is 10.3 Å². The largest absolute Gasteiger partial charge is 0.497 e. The van der Waals surface area contributed by atoms with Gasteiger partial charge < -0.3 is 20.1 Å². The normalized spacial score (nSPS) is 10.8. The molecule has 7 nitrogen and oxygen atoms in total. The molecule has 28 heavy (non-hydrogen) atoms. The highest BCUT2D eigenvalue weighted by Crippen LogP contribution is 2.31. The van der Waals surface area contributed by atoms with Gasteiger partial charge in [-0.3, -0.25) is 4.99 Å². The Kier molecular flexibility index (Phi) is 5.27. The van der Waals surface area contributed by atoms with Gasteiger partial charge in [-0.05, 0) is 43.3 Å². The van der Waals surface area contributed by atoms with E-state index in [2.05, 4.69) is 25.6 Å². The van der Waals surface area contributed by atoms with Crippen molar-refractivity contribution in [3.63, 3.8) is 0 Å². The van der Waals surface area contributed by atoms with Gasteiger partial charge in [0.05, 0.1) is 34.7 Å². The molecule has 0 aliphatic heterocycles. The summed E-state index contributed by atoms with van der Waals surface area (Å²) in [5, 5.41) is 8.05. The molecule has 0 atom stereocenters. The molecule has 0 unspecified atom stereocenters. The van der Waals surface area contributed by atoms with Crippen LogP contribution in [-0.2, 0) is 0 Å². The summed E-state index contributed by atoms with van der Waals surface area (Å²) in [5.41, 5.74) is 1.83. The maximum absolute atomic E-state index is 5.28. The van der Waals surface area contributed by atoms with Crippen LogP contribution in [0.3, 0.4) is 0 Å². The van der Waals surface area contributed by atoms with Gasteiger partial charge in [0.15, 0.2) is 10.3 Å². The summed E-state index contributed by atoms with van der Waals surface area (Å²) in [6.07, 6.45) is 0. The summed E-state index contributed by atoms with van der Waals surface area (Å²) in [6, 6.07) is 11.6. The summed E-state index contributed by atoms with van der Waals surface area (Å²) in [7, 11) is 3.32. The standard InChI is InChI=1S/C19H19N5O2S2/c1-4-20-17(23-18-21-13-7-5-11(25-2)9-15(13)27-18)24-19-22-14-8-6-12(26-3)10-16(14)28-19/h5-10H,4H2,1-3H3,(H2,20,21,22,23,24). The number of anilines is 2. The number of aliphatic imine (C=N–C) groups is 1. The molecule has 0 aliphatic carbocycles. The summed E-state index contributed by atoms with van der Waals surface area (Å²) in [6.45, 7) is 2.61. The van der Waals surface area contributed by atoms with E-state index in [9.17, 15) is 0 Å². The monoisotopic (exact) mass is 413 g/mol. The number of nitrogens with zero attached hydrogens (tertiary/aromatic N) is 3. The molecule has 0 saturated heterocycles. The van der Waals surface area contributed by atoms with Crippen molar-refractivity contribution in [2.24, 2.45) is 4.99 Å². The number of guanidine groups is 1. The molecule has 0 fully saturated rings. The van der Waals surface area contributed by atoms with Crippen LogP contribution < -0.4 is 20.1 Å². The predicted octanol–water partition coefficient (Wildman–Crippen LogP) is 4.82. The van der Waals surface area contributed by atoms with E-state index in [0.29, 0.717) is 12.5 Å². The number of hydrogen-bond donors (Lipinski definition) is 2. The Morgan fingerprint density at radius 2 is 1.39 bits per heavy atom. The van der Waals surface area contributed by atoms with Crippen molar-refractivity contribution in [1.29, 1.82) is 0 Å². The van der Waals surface area contributed by atoms with Crippen LogP contribution in [0.25, 0.3) is 20.4 Å². The zero-order valence-electron chi connectivity index (χ0n) is 15.6. The first-order valence-corrected chi connectivity index (χ1v) is 10.3. The molecule has 2 heterocycles. The van der Waals surface area contributed by atoms with Gasteiger partial charge in [0.1, 0.15) is 11.5 Å². The van der Waals surface area contributed by atoms with E-state index in [1.807, 2.05) is 43.3 Å². The van der Waals surface area contributed by atoms with E-state index in [1.165, 1.54) is 0 Å². The van der Waals surface area contributed by atoms with Crippen LogP contribution in [0.1, 0.15) is 6.92 Å². The minimum absolute atomic E-state index is 0.611. The fourth-order valence-electron chi connectivity index (χ4n) is 2.64. The summed E-state index contributed by atoms with van der Waals surface area (Å²) in [4.78, 5) is 13.7. The molecule has 2 aromatic carbocycles. The molecule has 9 heteroatoms. The van der Waals surface area contributed by atoms with E-state index >= 15 is 0 Å². The van der Waals surface area contributed by atoms with Crippen molar-refractivity contribution < 1.29 is 9.47 Å². The van der Waals surface area contributed by atoms with Crippen molar-refractivity contribution in [3.05, 3.63) is 36.4 Å². The molecule has 0 aliphatic rings. The Morgan fingerprint density at radius 3 is 1.82 bits per heavy atom. The highest BCUT2D eigenvalue weighted by Gasteiger charge is 2.11. The second-order valence-electron chi connectivity index (χ2n) is 5.78. The average molecular weight is 414 g/mol. The lowest BCUT2D eigenvalue weighted by Crippen LogP contribution is -2.22. The molecule has 2 N–H and O–H groups in total. The first-order valence-electron chi connectivity index (χ1n) is 8.66. The maximum atomic E-state index is 5.28. The molecule has 144 valence electrons. The van der Waals surface area contributed by atoms with Gasteiger partial charge in [0, 0.05) is 6.54 Å². The second-order valence-corrected chi connectivity index (χ2v) is 7.84. The quantitative estimate of drug-likeness (QED) is 0.361. The lowest BCUT2D eigenvalue weighted by atomic mass is 10.3. The predicted molar refractivity (Wildman–Crippen MR) is 118 cm³/mol. The second kappa shape index (κ2) is 7.99. The zero-order chi connectivity index (χ0) is 19.5. The Hall–Kier alpha value is -2.91. The van der Waals surface area contributed by atoms with Gasteiger partial charge in [-0.2, -0.15) is 0 Å². The SMILES string of the molecule is CCN=C(Nc1nc2ccc(OC)cc2s1)Nc1nc2ccc(OC)cc2s1. The molecule has 0 spiro atoms. The van der Waals surface area contributed by atoms with Crippen LogP contribution in [0.15, 0.2) is 41.4 Å². The van der Waals surface area contributed by atoms with Crippen molar-refractivity contribution in [2.75, 3.05) is 31.4 Å². The number of methoxy groups -OCH3 is 2. The smallest absolute Gasteiger partial charge is 0.203 e. The third-order valence-electron chi connectivity index (χ3n) is 3.96. The van der Waals surface area contributed by atoms with E-state index in [4.69, 9.17) is 9.47 Å². The third kappa shape index (κ3) is 3.85. The van der Waals surface area contributed by atoms with Crippen molar-refractivity contribution >= 4 is 59.3 Å². The Labute approximate surface area is 170 Å². The number of aromatic nitrogens is 2. The van der Waals surface area contributed by atoms with Gasteiger partial charge in [0.2, 0.25) is 5.96 Å². The number of ether oxygens (including phenoxy) is 2. The molecule has 2 aromatic heterocycles. The molecule has 0 radical (unpaired) electrons. The van der Waals surface area contributed by atoms with Crippen LogP contribution in [0.5, 0.6) is 11.5 Å². The molecule has 4 aromatic rings. The van der Waals surface area contributed by atoms with Gasteiger partial charge in [-0.15, -0.1) is 0 Å². The number of thiazole rings is 2. The van der Waals surface area contributed by atoms with Gasteiger partial charge in [-0.25, -0.2) is 9.97 Å². The van der Waals surface area contributed by atoms with E-state index in [1.54, 1.807) is 36.9 Å². The lowest BCUT2D eigenvalue weighted by molar-refractivity contribution is 0.415. The first-order chi connectivity index (χ1) is 13.7. The van der Waals surface area contributed by atoms with Crippen LogP contribution in [0.2, 0.25) is 0 Å². The van der Waals surface area contributed by atoms with Crippen LogP contribution in [-0.4, -0.2) is 36.7 Å². The van der Waals surface area contributed by atoms with Gasteiger partial charge >= 0.3 is 0 Å². The topological polar surface area (TPSA) is 80.7 Å². The Morgan fingerprint density at radius 1 is 0.893 bits per heavy atom. The molecule has 0 bridgehead atoms. The minimum Gasteiger partial charge on any atom is -0.497 e. The van der Waals surface area contributed by atoms with Gasteiger partial charge in [-0.1, -0.05) is 22.7 Å². The van der Waals surface area contributed by atoms with Crippen molar-refractivity contribution in [1.82, 2.24) is 9.97 Å². The molecule has 0 amide bonds. The summed E-state index contributed by atoms with van der Waals surface area (Å²) >= 11 is 3.09. The van der Waals surface area contributed by atoms with Gasteiger partial charge in [0.25, 0.3) is 0 Å².